The second kappa shape index (κ2) is 11.1. The number of aromatic nitrogens is 2. The minimum atomic E-state index is -0.480. The second-order valence-electron chi connectivity index (χ2n) is 9.51. The number of benzene rings is 2. The molecular weight excluding hydrogens is 488 g/mol. The van der Waals surface area contributed by atoms with E-state index in [4.69, 9.17) is 9.47 Å². The van der Waals surface area contributed by atoms with Gasteiger partial charge in [-0.05, 0) is 79.4 Å². The van der Waals surface area contributed by atoms with E-state index in [2.05, 4.69) is 9.97 Å². The van der Waals surface area contributed by atoms with Crippen LogP contribution in [0, 0.1) is 6.92 Å². The van der Waals surface area contributed by atoms with Crippen molar-refractivity contribution in [1.82, 2.24) is 19.8 Å². The molecule has 2 aliphatic rings. The lowest BCUT2D eigenvalue weighted by molar-refractivity contribution is -0.146. The lowest BCUT2D eigenvalue weighted by atomic mass is 10.1. The molecule has 0 bridgehead atoms. The summed E-state index contributed by atoms with van der Waals surface area (Å²) in [6.45, 7) is 4.24. The van der Waals surface area contributed by atoms with Gasteiger partial charge in [0.05, 0.1) is 11.4 Å². The summed E-state index contributed by atoms with van der Waals surface area (Å²) in [5.41, 5.74) is 2.78. The van der Waals surface area contributed by atoms with Crippen LogP contribution >= 0.6 is 0 Å². The first kappa shape index (κ1) is 25.5. The first-order valence-electron chi connectivity index (χ1n) is 12.7. The van der Waals surface area contributed by atoms with Gasteiger partial charge in [-0.25, -0.2) is 4.79 Å². The Morgan fingerprint density at radius 1 is 1.05 bits per heavy atom. The summed E-state index contributed by atoms with van der Waals surface area (Å²) in [6, 6.07) is 13.9. The van der Waals surface area contributed by atoms with E-state index in [1.54, 1.807) is 65.3 Å². The normalized spacial score (nSPS) is 17.4. The first-order chi connectivity index (χ1) is 18.4. The number of phenolic OH excluding ortho intramolecular Hbond substituents is 1. The highest BCUT2D eigenvalue weighted by Gasteiger charge is 2.31. The number of hydrogen-bond acceptors (Lipinski definition) is 7. The lowest BCUT2D eigenvalue weighted by Crippen LogP contribution is -2.53. The van der Waals surface area contributed by atoms with Gasteiger partial charge in [-0.3, -0.25) is 9.59 Å². The molecule has 0 spiro atoms. The van der Waals surface area contributed by atoms with Gasteiger partial charge in [0, 0.05) is 38.3 Å². The Bertz CT molecular complexity index is 1370. The maximum atomic E-state index is 12.7. The second-order valence-corrected chi connectivity index (χ2v) is 9.51. The maximum absolute atomic E-state index is 12.7. The predicted octanol–water partition coefficient (Wildman–Crippen LogP) is 2.35. The third kappa shape index (κ3) is 5.70. The summed E-state index contributed by atoms with van der Waals surface area (Å²) < 4.78 is 11.2. The number of hydrogen-bond donors (Lipinski definition) is 2. The number of carbonyl (C=O) groups is 2. The number of aromatic amines is 1. The molecule has 3 heterocycles. The first-order valence-corrected chi connectivity index (χ1v) is 12.7. The SMILES string of the molecule is Cc1cc(-c2cc(-c3ccc(OCC(=O)N4CCN(C(=O)C5CCCO5)CC4)cc3)[nH]c(=O)n2)ccc1O. The van der Waals surface area contributed by atoms with Gasteiger partial charge < -0.3 is 29.4 Å². The highest BCUT2D eigenvalue weighted by molar-refractivity contribution is 5.82. The number of piperazine rings is 1. The molecule has 0 saturated carbocycles. The number of aromatic hydroxyl groups is 1. The molecule has 2 fully saturated rings. The Hall–Kier alpha value is -4.18. The van der Waals surface area contributed by atoms with Gasteiger partial charge in [0.15, 0.2) is 6.61 Å². The van der Waals surface area contributed by atoms with Crippen molar-refractivity contribution < 1.29 is 24.2 Å². The zero-order chi connectivity index (χ0) is 26.6. The number of rotatable bonds is 6. The third-order valence-electron chi connectivity index (χ3n) is 6.91. The predicted molar refractivity (Wildman–Crippen MR) is 140 cm³/mol. The Labute approximate surface area is 219 Å². The molecule has 1 unspecified atom stereocenters. The Morgan fingerprint density at radius 3 is 2.45 bits per heavy atom. The average molecular weight is 519 g/mol. The number of nitrogens with one attached hydrogen (secondary N) is 1. The molecule has 3 aromatic rings. The lowest BCUT2D eigenvalue weighted by Gasteiger charge is -2.35. The summed E-state index contributed by atoms with van der Waals surface area (Å²) in [6.07, 6.45) is 1.34. The fraction of sp³-hybridized carbons (Fsp3) is 0.357. The highest BCUT2D eigenvalue weighted by atomic mass is 16.5. The zero-order valence-electron chi connectivity index (χ0n) is 21.2. The van der Waals surface area contributed by atoms with Crippen molar-refractivity contribution in [1.29, 1.82) is 0 Å². The summed E-state index contributed by atoms with van der Waals surface area (Å²) in [5.74, 6) is 0.595. The van der Waals surface area contributed by atoms with E-state index in [1.807, 2.05) is 0 Å². The molecule has 10 heteroatoms. The Kier molecular flexibility index (Phi) is 7.41. The van der Waals surface area contributed by atoms with E-state index >= 15 is 0 Å². The number of phenols is 1. The van der Waals surface area contributed by atoms with Crippen LogP contribution in [0.25, 0.3) is 22.5 Å². The van der Waals surface area contributed by atoms with E-state index in [-0.39, 0.29) is 30.3 Å². The van der Waals surface area contributed by atoms with E-state index in [0.29, 0.717) is 55.5 Å². The number of amides is 2. The van der Waals surface area contributed by atoms with Crippen molar-refractivity contribution in [3.8, 4) is 34.0 Å². The Morgan fingerprint density at radius 2 is 1.76 bits per heavy atom. The van der Waals surface area contributed by atoms with Crippen molar-refractivity contribution in [2.45, 2.75) is 25.9 Å². The molecule has 10 nitrogen and oxygen atoms in total. The van der Waals surface area contributed by atoms with Gasteiger partial charge in [0.2, 0.25) is 0 Å². The molecule has 198 valence electrons. The summed E-state index contributed by atoms with van der Waals surface area (Å²) >= 11 is 0. The molecule has 2 saturated heterocycles. The monoisotopic (exact) mass is 518 g/mol. The van der Waals surface area contributed by atoms with Gasteiger partial charge in [0.1, 0.15) is 17.6 Å². The molecular formula is C28H30N4O6. The van der Waals surface area contributed by atoms with Gasteiger partial charge in [-0.2, -0.15) is 4.98 Å². The van der Waals surface area contributed by atoms with Crippen LogP contribution in [0.3, 0.4) is 0 Å². The van der Waals surface area contributed by atoms with Crippen LogP contribution in [0.5, 0.6) is 11.5 Å². The third-order valence-corrected chi connectivity index (χ3v) is 6.91. The quantitative estimate of drug-likeness (QED) is 0.513. The minimum Gasteiger partial charge on any atom is -0.508 e. The smallest absolute Gasteiger partial charge is 0.345 e. The molecule has 2 aromatic carbocycles. The number of ether oxygens (including phenoxy) is 2. The van der Waals surface area contributed by atoms with Gasteiger partial charge in [0.25, 0.3) is 11.8 Å². The molecule has 2 aliphatic heterocycles. The van der Waals surface area contributed by atoms with Crippen LogP contribution in [-0.4, -0.2) is 82.2 Å². The largest absolute Gasteiger partial charge is 0.508 e. The minimum absolute atomic E-state index is 0.0202. The van der Waals surface area contributed by atoms with Gasteiger partial charge in [-0.1, -0.05) is 0 Å². The van der Waals surface area contributed by atoms with Crippen molar-refractivity contribution in [2.75, 3.05) is 39.4 Å². The molecule has 0 aliphatic carbocycles. The summed E-state index contributed by atoms with van der Waals surface area (Å²) in [5, 5.41) is 9.78. The van der Waals surface area contributed by atoms with Crippen molar-refractivity contribution >= 4 is 11.8 Å². The van der Waals surface area contributed by atoms with E-state index in [9.17, 15) is 19.5 Å². The topological polar surface area (TPSA) is 125 Å². The molecule has 1 aromatic heterocycles. The number of aryl methyl sites for hydroxylation is 1. The molecule has 2 amide bonds. The van der Waals surface area contributed by atoms with E-state index < -0.39 is 5.69 Å². The molecule has 1 atom stereocenters. The Balaban J connectivity index is 1.17. The van der Waals surface area contributed by atoms with Crippen molar-refractivity contribution in [2.24, 2.45) is 0 Å². The van der Waals surface area contributed by atoms with Gasteiger partial charge in [-0.15, -0.1) is 0 Å². The van der Waals surface area contributed by atoms with Crippen LogP contribution in [0.1, 0.15) is 18.4 Å². The number of carbonyl (C=O) groups excluding carboxylic acids is 2. The standard InChI is InChI=1S/C28H30N4O6/c1-18-15-20(6-9-24(18)33)23-16-22(29-28(36)30-23)19-4-7-21(8-5-19)38-17-26(34)31-10-12-32(13-11-31)27(35)25-3-2-14-37-25/h4-9,15-16,25,33H,2-3,10-14,17H2,1H3,(H,29,30,36). The number of nitrogens with zero attached hydrogens (tertiary/aromatic N) is 3. The average Bonchev–Trinajstić information content (AvgIpc) is 3.48. The van der Waals surface area contributed by atoms with Crippen LogP contribution in [0.2, 0.25) is 0 Å². The van der Waals surface area contributed by atoms with Crippen LogP contribution < -0.4 is 10.4 Å². The van der Waals surface area contributed by atoms with Crippen LogP contribution in [-0.2, 0) is 14.3 Å². The highest BCUT2D eigenvalue weighted by Crippen LogP contribution is 2.27. The zero-order valence-corrected chi connectivity index (χ0v) is 21.2. The molecule has 0 radical (unpaired) electrons. The summed E-state index contributed by atoms with van der Waals surface area (Å²) in [4.78, 5) is 47.7. The number of H-pyrrole nitrogens is 1. The maximum Gasteiger partial charge on any atom is 0.345 e. The summed E-state index contributed by atoms with van der Waals surface area (Å²) in [7, 11) is 0. The fourth-order valence-corrected chi connectivity index (χ4v) is 4.70. The fourth-order valence-electron chi connectivity index (χ4n) is 4.70. The molecule has 5 rings (SSSR count). The van der Waals surface area contributed by atoms with Crippen molar-refractivity contribution in [3.63, 3.8) is 0 Å². The van der Waals surface area contributed by atoms with Gasteiger partial charge >= 0.3 is 5.69 Å². The van der Waals surface area contributed by atoms with Crippen molar-refractivity contribution in [3.05, 3.63) is 64.6 Å². The molecule has 2 N–H and O–H groups in total. The van der Waals surface area contributed by atoms with E-state index in [1.165, 1.54) is 0 Å². The van der Waals surface area contributed by atoms with Crippen LogP contribution in [0.4, 0.5) is 0 Å². The van der Waals surface area contributed by atoms with E-state index in [0.717, 1.165) is 24.0 Å². The van der Waals surface area contributed by atoms with Crippen LogP contribution in [0.15, 0.2) is 53.3 Å². The molecule has 38 heavy (non-hydrogen) atoms.